The SMILES string of the molecule is C#Cc1cccc(-c2[nH]ncc2C(=O)O)c1. The Morgan fingerprint density at radius 1 is 1.50 bits per heavy atom. The number of carboxylic acid groups (broad SMARTS) is 1. The molecule has 2 aromatic rings. The molecule has 1 aromatic carbocycles. The highest BCUT2D eigenvalue weighted by Gasteiger charge is 2.13. The number of terminal acetylenes is 1. The van der Waals surface area contributed by atoms with Gasteiger partial charge < -0.3 is 5.11 Å². The Morgan fingerprint density at radius 3 is 3.00 bits per heavy atom. The monoisotopic (exact) mass is 212 g/mol. The molecule has 1 aromatic heterocycles. The van der Waals surface area contributed by atoms with Crippen LogP contribution in [0, 0.1) is 12.3 Å². The standard InChI is InChI=1S/C12H8N2O2/c1-2-8-4-3-5-9(6-8)11-10(12(15)16)7-13-14-11/h1,3-7H,(H,13,14)(H,15,16). The van der Waals surface area contributed by atoms with Crippen molar-refractivity contribution in [2.24, 2.45) is 0 Å². The minimum Gasteiger partial charge on any atom is -0.478 e. The molecule has 0 fully saturated rings. The van der Waals surface area contributed by atoms with E-state index in [2.05, 4.69) is 16.1 Å². The van der Waals surface area contributed by atoms with Gasteiger partial charge in [-0.25, -0.2) is 4.79 Å². The van der Waals surface area contributed by atoms with E-state index >= 15 is 0 Å². The van der Waals surface area contributed by atoms with Crippen molar-refractivity contribution in [1.29, 1.82) is 0 Å². The van der Waals surface area contributed by atoms with Crippen LogP contribution in [0.25, 0.3) is 11.3 Å². The molecule has 0 aliphatic carbocycles. The van der Waals surface area contributed by atoms with Crippen molar-refractivity contribution in [2.45, 2.75) is 0 Å². The number of nitrogens with one attached hydrogen (secondary N) is 1. The molecule has 4 heteroatoms. The van der Waals surface area contributed by atoms with Crippen molar-refractivity contribution in [2.75, 3.05) is 0 Å². The van der Waals surface area contributed by atoms with Crippen LogP contribution >= 0.6 is 0 Å². The van der Waals surface area contributed by atoms with Gasteiger partial charge in [0.25, 0.3) is 0 Å². The summed E-state index contributed by atoms with van der Waals surface area (Å²) in [5, 5.41) is 15.3. The summed E-state index contributed by atoms with van der Waals surface area (Å²) in [6, 6.07) is 7.07. The second-order valence-electron chi connectivity index (χ2n) is 3.19. The number of nitrogens with zero attached hydrogens (tertiary/aromatic N) is 1. The van der Waals surface area contributed by atoms with E-state index in [-0.39, 0.29) is 5.56 Å². The number of carboxylic acids is 1. The van der Waals surface area contributed by atoms with Gasteiger partial charge in [-0.2, -0.15) is 5.10 Å². The maximum absolute atomic E-state index is 10.9. The Balaban J connectivity index is 2.55. The molecule has 0 saturated heterocycles. The lowest BCUT2D eigenvalue weighted by Crippen LogP contribution is -1.96. The van der Waals surface area contributed by atoms with E-state index in [1.807, 2.05) is 0 Å². The second-order valence-corrected chi connectivity index (χ2v) is 3.19. The zero-order valence-corrected chi connectivity index (χ0v) is 8.27. The molecule has 0 radical (unpaired) electrons. The fraction of sp³-hybridized carbons (Fsp3) is 0. The molecule has 0 bridgehead atoms. The van der Waals surface area contributed by atoms with Gasteiger partial charge in [0, 0.05) is 11.1 Å². The van der Waals surface area contributed by atoms with Crippen molar-refractivity contribution in [1.82, 2.24) is 10.2 Å². The molecule has 0 unspecified atom stereocenters. The molecule has 0 aliphatic heterocycles. The molecule has 2 rings (SSSR count). The van der Waals surface area contributed by atoms with Gasteiger partial charge in [0.05, 0.1) is 11.9 Å². The van der Waals surface area contributed by atoms with E-state index in [4.69, 9.17) is 11.5 Å². The van der Waals surface area contributed by atoms with Crippen LogP contribution in [-0.4, -0.2) is 21.3 Å². The van der Waals surface area contributed by atoms with Crippen LogP contribution in [0.5, 0.6) is 0 Å². The highest BCUT2D eigenvalue weighted by molar-refractivity contribution is 5.94. The predicted octanol–water partition coefficient (Wildman–Crippen LogP) is 1.76. The molecule has 0 spiro atoms. The predicted molar refractivity (Wildman–Crippen MR) is 58.9 cm³/mol. The number of rotatable bonds is 2. The molecule has 16 heavy (non-hydrogen) atoms. The van der Waals surface area contributed by atoms with Crippen LogP contribution in [-0.2, 0) is 0 Å². The van der Waals surface area contributed by atoms with Crippen LogP contribution in [0.15, 0.2) is 30.5 Å². The molecule has 0 atom stereocenters. The highest BCUT2D eigenvalue weighted by Crippen LogP contribution is 2.21. The van der Waals surface area contributed by atoms with Crippen molar-refractivity contribution >= 4 is 5.97 Å². The van der Waals surface area contributed by atoms with Crippen LogP contribution in [0.3, 0.4) is 0 Å². The lowest BCUT2D eigenvalue weighted by molar-refractivity contribution is 0.0698. The van der Waals surface area contributed by atoms with Crippen molar-refractivity contribution in [3.63, 3.8) is 0 Å². The largest absolute Gasteiger partial charge is 0.478 e. The molecule has 0 amide bonds. The minimum atomic E-state index is -1.02. The molecule has 4 nitrogen and oxygen atoms in total. The molecule has 2 N–H and O–H groups in total. The van der Waals surface area contributed by atoms with Crippen molar-refractivity contribution < 1.29 is 9.90 Å². The van der Waals surface area contributed by atoms with E-state index in [1.165, 1.54) is 6.20 Å². The Morgan fingerprint density at radius 2 is 2.31 bits per heavy atom. The number of H-pyrrole nitrogens is 1. The summed E-state index contributed by atoms with van der Waals surface area (Å²) in [6.07, 6.45) is 6.56. The van der Waals surface area contributed by atoms with Crippen molar-refractivity contribution in [3.8, 4) is 23.6 Å². The average molecular weight is 212 g/mol. The Bertz CT molecular complexity index is 579. The van der Waals surface area contributed by atoms with E-state index in [9.17, 15) is 4.79 Å². The molecular formula is C12H8N2O2. The topological polar surface area (TPSA) is 66.0 Å². The normalized spacial score (nSPS) is 9.69. The van der Waals surface area contributed by atoms with E-state index in [0.29, 0.717) is 16.8 Å². The number of aromatic amines is 1. The summed E-state index contributed by atoms with van der Waals surface area (Å²) in [5.41, 5.74) is 2.01. The number of carbonyl (C=O) groups is 1. The third kappa shape index (κ3) is 1.66. The first-order valence-corrected chi connectivity index (χ1v) is 4.56. The summed E-state index contributed by atoms with van der Waals surface area (Å²) in [5.74, 6) is 1.48. The Hall–Kier alpha value is -2.54. The average Bonchev–Trinajstić information content (AvgIpc) is 2.78. The smallest absolute Gasteiger partial charge is 0.339 e. The first kappa shape index (κ1) is 9.99. The van der Waals surface area contributed by atoms with Gasteiger partial charge >= 0.3 is 5.97 Å². The number of hydrogen-bond donors (Lipinski definition) is 2. The fourth-order valence-electron chi connectivity index (χ4n) is 1.43. The zero-order valence-electron chi connectivity index (χ0n) is 8.27. The van der Waals surface area contributed by atoms with Gasteiger partial charge in [-0.15, -0.1) is 6.42 Å². The van der Waals surface area contributed by atoms with E-state index in [0.717, 1.165) is 0 Å². The van der Waals surface area contributed by atoms with Crippen LogP contribution < -0.4 is 0 Å². The Labute approximate surface area is 91.9 Å². The van der Waals surface area contributed by atoms with Gasteiger partial charge in [-0.3, -0.25) is 5.10 Å². The minimum absolute atomic E-state index is 0.133. The van der Waals surface area contributed by atoms with E-state index < -0.39 is 5.97 Å². The number of aromatic nitrogens is 2. The number of aromatic carboxylic acids is 1. The third-order valence-electron chi connectivity index (χ3n) is 2.19. The van der Waals surface area contributed by atoms with Crippen LogP contribution in [0.4, 0.5) is 0 Å². The van der Waals surface area contributed by atoms with Gasteiger partial charge in [0.2, 0.25) is 0 Å². The van der Waals surface area contributed by atoms with Gasteiger partial charge in [-0.1, -0.05) is 18.1 Å². The van der Waals surface area contributed by atoms with E-state index in [1.54, 1.807) is 24.3 Å². The lowest BCUT2D eigenvalue weighted by Gasteiger charge is -2.00. The summed E-state index contributed by atoms with van der Waals surface area (Å²) >= 11 is 0. The first-order valence-electron chi connectivity index (χ1n) is 4.56. The Kier molecular flexibility index (Phi) is 2.44. The third-order valence-corrected chi connectivity index (χ3v) is 2.19. The number of benzene rings is 1. The zero-order chi connectivity index (χ0) is 11.5. The maximum Gasteiger partial charge on any atom is 0.339 e. The maximum atomic E-state index is 10.9. The van der Waals surface area contributed by atoms with Crippen molar-refractivity contribution in [3.05, 3.63) is 41.6 Å². The van der Waals surface area contributed by atoms with Crippen LogP contribution in [0.2, 0.25) is 0 Å². The fourth-order valence-corrected chi connectivity index (χ4v) is 1.43. The quantitative estimate of drug-likeness (QED) is 0.745. The summed E-state index contributed by atoms with van der Waals surface area (Å²) in [4.78, 5) is 10.9. The first-order chi connectivity index (χ1) is 7.72. The number of hydrogen-bond acceptors (Lipinski definition) is 2. The van der Waals surface area contributed by atoms with Gasteiger partial charge in [0.15, 0.2) is 0 Å². The highest BCUT2D eigenvalue weighted by atomic mass is 16.4. The molecule has 0 aliphatic rings. The summed E-state index contributed by atoms with van der Waals surface area (Å²) in [6.45, 7) is 0. The molecular weight excluding hydrogens is 204 g/mol. The van der Waals surface area contributed by atoms with Gasteiger partial charge in [-0.05, 0) is 12.1 Å². The van der Waals surface area contributed by atoms with Crippen LogP contribution in [0.1, 0.15) is 15.9 Å². The molecule has 0 saturated carbocycles. The summed E-state index contributed by atoms with van der Waals surface area (Å²) in [7, 11) is 0. The lowest BCUT2D eigenvalue weighted by atomic mass is 10.1. The van der Waals surface area contributed by atoms with Gasteiger partial charge in [0.1, 0.15) is 5.56 Å². The second kappa shape index (κ2) is 3.91. The summed E-state index contributed by atoms with van der Waals surface area (Å²) < 4.78 is 0. The molecule has 1 heterocycles. The molecule has 78 valence electrons.